The van der Waals surface area contributed by atoms with Gasteiger partial charge in [-0.25, -0.2) is 12.8 Å². The number of benzene rings is 1. The molecular weight excluding hydrogens is 241 g/mol. The van der Waals surface area contributed by atoms with Gasteiger partial charge in [0.2, 0.25) is 0 Å². The number of halogens is 1. The van der Waals surface area contributed by atoms with Crippen molar-refractivity contribution >= 4 is 9.84 Å². The topological polar surface area (TPSA) is 60.2 Å². The predicted molar refractivity (Wildman–Crippen MR) is 64.9 cm³/mol. The number of hydrogen-bond acceptors (Lipinski definition) is 3. The number of hydrogen-bond donors (Lipinski definition) is 1. The zero-order valence-corrected chi connectivity index (χ0v) is 10.3. The van der Waals surface area contributed by atoms with Gasteiger partial charge in [0.15, 0.2) is 0 Å². The van der Waals surface area contributed by atoms with E-state index in [0.29, 0.717) is 24.8 Å². The average molecular weight is 257 g/mol. The molecule has 0 spiro atoms. The molecule has 0 aromatic heterocycles. The Morgan fingerprint density at radius 3 is 2.41 bits per heavy atom. The Labute approximate surface area is 101 Å². The fourth-order valence-electron chi connectivity index (χ4n) is 2.14. The summed E-state index contributed by atoms with van der Waals surface area (Å²) in [7, 11) is -2.93. The van der Waals surface area contributed by atoms with Crippen LogP contribution in [0.2, 0.25) is 0 Å². The minimum atomic E-state index is -2.93. The van der Waals surface area contributed by atoms with Crippen molar-refractivity contribution in [2.45, 2.75) is 24.8 Å². The molecule has 0 atom stereocenters. The molecule has 2 rings (SSSR count). The molecule has 0 amide bonds. The van der Waals surface area contributed by atoms with Crippen LogP contribution in [0.1, 0.15) is 18.4 Å². The fraction of sp³-hybridized carbons (Fsp3) is 0.500. The maximum atomic E-state index is 13.5. The molecule has 1 fully saturated rings. The van der Waals surface area contributed by atoms with Gasteiger partial charge in [0, 0.05) is 5.54 Å². The van der Waals surface area contributed by atoms with Crippen LogP contribution in [0.4, 0.5) is 4.39 Å². The molecule has 1 aromatic rings. The third-order valence-electron chi connectivity index (χ3n) is 3.32. The van der Waals surface area contributed by atoms with Crippen LogP contribution in [0.25, 0.3) is 0 Å². The minimum absolute atomic E-state index is 0.109. The predicted octanol–water partition coefficient (Wildman–Crippen LogP) is 1.27. The lowest BCUT2D eigenvalue weighted by atomic mass is 9.86. The van der Waals surface area contributed by atoms with Crippen molar-refractivity contribution in [1.82, 2.24) is 0 Å². The lowest BCUT2D eigenvalue weighted by Gasteiger charge is -2.33. The van der Waals surface area contributed by atoms with Crippen molar-refractivity contribution in [2.24, 2.45) is 5.73 Å². The molecule has 0 saturated carbocycles. The molecule has 1 saturated heterocycles. The van der Waals surface area contributed by atoms with Gasteiger partial charge in [-0.3, -0.25) is 0 Å². The van der Waals surface area contributed by atoms with Crippen molar-refractivity contribution in [3.05, 3.63) is 35.6 Å². The van der Waals surface area contributed by atoms with E-state index in [-0.39, 0.29) is 17.3 Å². The van der Waals surface area contributed by atoms with Crippen LogP contribution >= 0.6 is 0 Å². The second kappa shape index (κ2) is 4.38. The lowest BCUT2D eigenvalue weighted by molar-refractivity contribution is 0.374. The van der Waals surface area contributed by atoms with E-state index in [9.17, 15) is 12.8 Å². The maximum Gasteiger partial charge on any atom is 0.150 e. The van der Waals surface area contributed by atoms with Crippen molar-refractivity contribution in [1.29, 1.82) is 0 Å². The van der Waals surface area contributed by atoms with Crippen LogP contribution in [-0.2, 0) is 16.3 Å². The summed E-state index contributed by atoms with van der Waals surface area (Å²) >= 11 is 0. The van der Waals surface area contributed by atoms with Crippen LogP contribution in [0.3, 0.4) is 0 Å². The van der Waals surface area contributed by atoms with E-state index in [0.717, 1.165) is 0 Å². The van der Waals surface area contributed by atoms with E-state index in [2.05, 4.69) is 0 Å². The highest BCUT2D eigenvalue weighted by molar-refractivity contribution is 7.91. The largest absolute Gasteiger partial charge is 0.325 e. The zero-order valence-electron chi connectivity index (χ0n) is 9.52. The molecule has 94 valence electrons. The maximum absolute atomic E-state index is 13.5. The SMILES string of the molecule is NC1(Cc2ccccc2F)CCS(=O)(=O)CC1. The van der Waals surface area contributed by atoms with Crippen LogP contribution in [0.15, 0.2) is 24.3 Å². The first-order valence-electron chi connectivity index (χ1n) is 5.63. The molecule has 1 aliphatic rings. The molecule has 2 N–H and O–H groups in total. The van der Waals surface area contributed by atoms with Gasteiger partial charge in [-0.05, 0) is 30.9 Å². The molecular formula is C12H16FNO2S. The minimum Gasteiger partial charge on any atom is -0.325 e. The van der Waals surface area contributed by atoms with E-state index < -0.39 is 15.4 Å². The molecule has 1 aromatic carbocycles. The Balaban J connectivity index is 2.12. The highest BCUT2D eigenvalue weighted by Gasteiger charge is 2.34. The van der Waals surface area contributed by atoms with Gasteiger partial charge in [-0.1, -0.05) is 18.2 Å². The molecule has 0 aliphatic carbocycles. The van der Waals surface area contributed by atoms with Gasteiger partial charge >= 0.3 is 0 Å². The summed E-state index contributed by atoms with van der Waals surface area (Å²) in [5, 5.41) is 0. The lowest BCUT2D eigenvalue weighted by Crippen LogP contribution is -2.48. The van der Waals surface area contributed by atoms with Crippen LogP contribution in [0.5, 0.6) is 0 Å². The van der Waals surface area contributed by atoms with Crippen molar-refractivity contribution in [3.63, 3.8) is 0 Å². The normalized spacial score (nSPS) is 22.2. The van der Waals surface area contributed by atoms with Gasteiger partial charge < -0.3 is 5.73 Å². The molecule has 0 unspecified atom stereocenters. The molecule has 1 aliphatic heterocycles. The van der Waals surface area contributed by atoms with Gasteiger partial charge in [-0.15, -0.1) is 0 Å². The summed E-state index contributed by atoms with van der Waals surface area (Å²) in [6.07, 6.45) is 1.21. The zero-order chi connectivity index (χ0) is 12.5. The third-order valence-corrected chi connectivity index (χ3v) is 4.97. The van der Waals surface area contributed by atoms with Crippen molar-refractivity contribution in [2.75, 3.05) is 11.5 Å². The first-order valence-corrected chi connectivity index (χ1v) is 7.45. The summed E-state index contributed by atoms with van der Waals surface area (Å²) < 4.78 is 36.1. The Hall–Kier alpha value is -0.940. The quantitative estimate of drug-likeness (QED) is 0.868. The Morgan fingerprint density at radius 1 is 1.24 bits per heavy atom. The fourth-order valence-corrected chi connectivity index (χ4v) is 3.78. The Bertz CT molecular complexity index is 499. The molecule has 0 bridgehead atoms. The monoisotopic (exact) mass is 257 g/mol. The van der Waals surface area contributed by atoms with E-state index >= 15 is 0 Å². The third kappa shape index (κ3) is 3.04. The van der Waals surface area contributed by atoms with Gasteiger partial charge in [0.1, 0.15) is 15.7 Å². The van der Waals surface area contributed by atoms with Crippen LogP contribution in [0, 0.1) is 5.82 Å². The van der Waals surface area contributed by atoms with Gasteiger partial charge in [0.25, 0.3) is 0 Å². The second-order valence-electron chi connectivity index (χ2n) is 4.78. The van der Waals surface area contributed by atoms with E-state index in [1.807, 2.05) is 0 Å². The van der Waals surface area contributed by atoms with Crippen molar-refractivity contribution in [3.8, 4) is 0 Å². The highest BCUT2D eigenvalue weighted by Crippen LogP contribution is 2.26. The number of rotatable bonds is 2. The van der Waals surface area contributed by atoms with E-state index in [1.54, 1.807) is 18.2 Å². The smallest absolute Gasteiger partial charge is 0.150 e. The average Bonchev–Trinajstić information content (AvgIpc) is 2.27. The van der Waals surface area contributed by atoms with Crippen LogP contribution < -0.4 is 5.73 Å². The molecule has 5 heteroatoms. The first-order chi connectivity index (χ1) is 7.90. The molecule has 17 heavy (non-hydrogen) atoms. The number of nitrogens with two attached hydrogens (primary N) is 1. The summed E-state index contributed by atoms with van der Waals surface area (Å²) in [6, 6.07) is 6.50. The summed E-state index contributed by atoms with van der Waals surface area (Å²) in [4.78, 5) is 0. The van der Waals surface area contributed by atoms with E-state index in [4.69, 9.17) is 5.73 Å². The molecule has 3 nitrogen and oxygen atoms in total. The van der Waals surface area contributed by atoms with Crippen molar-refractivity contribution < 1.29 is 12.8 Å². The van der Waals surface area contributed by atoms with Gasteiger partial charge in [-0.2, -0.15) is 0 Å². The summed E-state index contributed by atoms with van der Waals surface area (Å²) in [5.74, 6) is -0.0543. The second-order valence-corrected chi connectivity index (χ2v) is 7.09. The number of sulfone groups is 1. The summed E-state index contributed by atoms with van der Waals surface area (Å²) in [5.41, 5.74) is 6.12. The Morgan fingerprint density at radius 2 is 1.82 bits per heavy atom. The summed E-state index contributed by atoms with van der Waals surface area (Å²) in [6.45, 7) is 0. The molecule has 0 radical (unpaired) electrons. The standard InChI is InChI=1S/C12H16FNO2S/c13-11-4-2-1-3-10(11)9-12(14)5-7-17(15,16)8-6-12/h1-4H,5-9,14H2. The highest BCUT2D eigenvalue weighted by atomic mass is 32.2. The first kappa shape index (κ1) is 12.5. The van der Waals surface area contributed by atoms with E-state index in [1.165, 1.54) is 6.07 Å². The molecule has 1 heterocycles. The van der Waals surface area contributed by atoms with Crippen LogP contribution in [-0.4, -0.2) is 25.5 Å². The Kier molecular flexibility index (Phi) is 3.23. The van der Waals surface area contributed by atoms with Gasteiger partial charge in [0.05, 0.1) is 11.5 Å².